The van der Waals surface area contributed by atoms with Gasteiger partial charge in [0.05, 0.1) is 33.5 Å². The number of carbonyl (C=O) groups is 2. The molecule has 6 nitrogen and oxygen atoms in total. The van der Waals surface area contributed by atoms with Crippen molar-refractivity contribution in [1.82, 2.24) is 9.97 Å². The zero-order valence-corrected chi connectivity index (χ0v) is 13.4. The van der Waals surface area contributed by atoms with E-state index in [1.807, 2.05) is 0 Å². The van der Waals surface area contributed by atoms with Gasteiger partial charge in [0.1, 0.15) is 0 Å². The van der Waals surface area contributed by atoms with Gasteiger partial charge in [-0.3, -0.25) is 0 Å². The van der Waals surface area contributed by atoms with Gasteiger partial charge < -0.3 is 10.2 Å². The fourth-order valence-electron chi connectivity index (χ4n) is 2.97. The van der Waals surface area contributed by atoms with Gasteiger partial charge in [0.2, 0.25) is 0 Å². The molecule has 0 atom stereocenters. The molecule has 2 aromatic heterocycles. The van der Waals surface area contributed by atoms with Crippen LogP contribution in [0.2, 0.25) is 0 Å². The number of pyridine rings is 2. The topological polar surface area (TPSA) is 100 Å². The Kier molecular flexibility index (Phi) is 3.58. The largest absolute Gasteiger partial charge is 0.478 e. The molecule has 4 aromatic rings. The summed E-state index contributed by atoms with van der Waals surface area (Å²) in [6.07, 6.45) is 0. The summed E-state index contributed by atoms with van der Waals surface area (Å²) in [7, 11) is 0. The Labute approximate surface area is 147 Å². The average molecular weight is 344 g/mol. The summed E-state index contributed by atoms with van der Waals surface area (Å²) in [5.41, 5.74) is 2.68. The monoisotopic (exact) mass is 344 g/mol. The minimum atomic E-state index is -1.00. The number of benzene rings is 2. The van der Waals surface area contributed by atoms with Gasteiger partial charge in [-0.1, -0.05) is 12.1 Å². The van der Waals surface area contributed by atoms with E-state index in [1.54, 1.807) is 48.5 Å². The summed E-state index contributed by atoms with van der Waals surface area (Å²) in [5.74, 6) is -2.01. The van der Waals surface area contributed by atoms with Crippen LogP contribution in [0.4, 0.5) is 0 Å². The molecule has 6 heteroatoms. The van der Waals surface area contributed by atoms with Gasteiger partial charge in [0, 0.05) is 10.8 Å². The smallest absolute Gasteiger partial charge is 0.336 e. The summed E-state index contributed by atoms with van der Waals surface area (Å²) in [5, 5.41) is 19.6. The van der Waals surface area contributed by atoms with Gasteiger partial charge in [-0.15, -0.1) is 0 Å². The minimum absolute atomic E-state index is 0.194. The van der Waals surface area contributed by atoms with E-state index in [-0.39, 0.29) is 11.1 Å². The first-order chi connectivity index (χ1) is 12.5. The molecule has 0 aliphatic carbocycles. The molecule has 0 fully saturated rings. The Bertz CT molecular complexity index is 1110. The van der Waals surface area contributed by atoms with E-state index in [1.165, 1.54) is 12.1 Å². The normalized spacial score (nSPS) is 10.9. The Hall–Kier alpha value is -3.80. The second-order valence-electron chi connectivity index (χ2n) is 5.75. The second kappa shape index (κ2) is 5.93. The fraction of sp³-hybridized carbons (Fsp3) is 0. The highest BCUT2D eigenvalue weighted by Gasteiger charge is 2.12. The van der Waals surface area contributed by atoms with E-state index in [0.29, 0.717) is 33.2 Å². The van der Waals surface area contributed by atoms with Crippen molar-refractivity contribution in [3.63, 3.8) is 0 Å². The molecule has 126 valence electrons. The van der Waals surface area contributed by atoms with Crippen LogP contribution in [0, 0.1) is 0 Å². The number of carboxylic acid groups (broad SMARTS) is 2. The maximum Gasteiger partial charge on any atom is 0.336 e. The fourth-order valence-corrected chi connectivity index (χ4v) is 2.97. The molecule has 0 unspecified atom stereocenters. The molecule has 0 amide bonds. The zero-order chi connectivity index (χ0) is 18.3. The third kappa shape index (κ3) is 2.53. The first kappa shape index (κ1) is 15.7. The van der Waals surface area contributed by atoms with E-state index < -0.39 is 11.9 Å². The third-order valence-electron chi connectivity index (χ3n) is 4.19. The average Bonchev–Trinajstić information content (AvgIpc) is 2.65. The van der Waals surface area contributed by atoms with E-state index >= 15 is 0 Å². The van der Waals surface area contributed by atoms with Crippen LogP contribution in [0.15, 0.2) is 60.7 Å². The molecule has 0 spiro atoms. The summed E-state index contributed by atoms with van der Waals surface area (Å²) < 4.78 is 0. The number of aromatic nitrogens is 2. The van der Waals surface area contributed by atoms with Gasteiger partial charge in [-0.25, -0.2) is 19.6 Å². The van der Waals surface area contributed by atoms with E-state index in [9.17, 15) is 19.8 Å². The highest BCUT2D eigenvalue weighted by Crippen LogP contribution is 2.25. The SMILES string of the molecule is O=C(O)c1cccc2nc(-c3ccc4c(C(=O)O)cccc4n3)ccc12. The van der Waals surface area contributed by atoms with Gasteiger partial charge in [-0.2, -0.15) is 0 Å². The third-order valence-corrected chi connectivity index (χ3v) is 4.19. The number of carboxylic acids is 2. The summed E-state index contributed by atoms with van der Waals surface area (Å²) in [6, 6.07) is 16.7. The number of aromatic carboxylic acids is 2. The number of fused-ring (bicyclic) bond motifs is 2. The second-order valence-corrected chi connectivity index (χ2v) is 5.75. The molecule has 0 saturated carbocycles. The van der Waals surface area contributed by atoms with Crippen LogP contribution in [-0.4, -0.2) is 32.1 Å². The molecule has 0 saturated heterocycles. The van der Waals surface area contributed by atoms with Gasteiger partial charge >= 0.3 is 11.9 Å². The Morgan fingerprint density at radius 1 is 0.615 bits per heavy atom. The van der Waals surface area contributed by atoms with E-state index in [2.05, 4.69) is 9.97 Å². The van der Waals surface area contributed by atoms with Crippen molar-refractivity contribution in [1.29, 1.82) is 0 Å². The van der Waals surface area contributed by atoms with E-state index in [0.717, 1.165) is 0 Å². The Balaban J connectivity index is 1.87. The molecule has 2 heterocycles. The van der Waals surface area contributed by atoms with Gasteiger partial charge in [0.15, 0.2) is 0 Å². The quantitative estimate of drug-likeness (QED) is 0.585. The minimum Gasteiger partial charge on any atom is -0.478 e. The van der Waals surface area contributed by atoms with Crippen LogP contribution in [0.5, 0.6) is 0 Å². The van der Waals surface area contributed by atoms with Crippen LogP contribution in [-0.2, 0) is 0 Å². The molecular weight excluding hydrogens is 332 g/mol. The molecule has 4 rings (SSSR count). The molecule has 2 aromatic carbocycles. The molecule has 2 N–H and O–H groups in total. The van der Waals surface area contributed by atoms with Crippen LogP contribution < -0.4 is 0 Å². The summed E-state index contributed by atoms with van der Waals surface area (Å²) >= 11 is 0. The maximum absolute atomic E-state index is 11.3. The van der Waals surface area contributed by atoms with Crippen molar-refractivity contribution in [3.05, 3.63) is 71.8 Å². The van der Waals surface area contributed by atoms with Crippen molar-refractivity contribution in [2.45, 2.75) is 0 Å². The van der Waals surface area contributed by atoms with Gasteiger partial charge in [-0.05, 0) is 48.5 Å². The first-order valence-corrected chi connectivity index (χ1v) is 7.81. The van der Waals surface area contributed by atoms with Crippen LogP contribution in [0.3, 0.4) is 0 Å². The first-order valence-electron chi connectivity index (χ1n) is 7.81. The number of hydrogen-bond acceptors (Lipinski definition) is 4. The molecule has 0 aliphatic heterocycles. The molecule has 0 aliphatic rings. The molecular formula is C20H12N2O4. The van der Waals surface area contributed by atoms with E-state index in [4.69, 9.17) is 0 Å². The van der Waals surface area contributed by atoms with Crippen molar-refractivity contribution >= 4 is 33.7 Å². The van der Waals surface area contributed by atoms with Crippen molar-refractivity contribution in [3.8, 4) is 11.4 Å². The van der Waals surface area contributed by atoms with Crippen molar-refractivity contribution in [2.24, 2.45) is 0 Å². The predicted octanol–water partition coefficient (Wildman–Crippen LogP) is 3.85. The molecule has 26 heavy (non-hydrogen) atoms. The van der Waals surface area contributed by atoms with Crippen molar-refractivity contribution in [2.75, 3.05) is 0 Å². The number of rotatable bonds is 3. The van der Waals surface area contributed by atoms with Gasteiger partial charge in [0.25, 0.3) is 0 Å². The molecule has 0 bridgehead atoms. The number of nitrogens with zero attached hydrogens (tertiary/aromatic N) is 2. The standard InChI is InChI=1S/C20H12N2O4/c23-19(24)13-3-1-5-15-11(13)7-9-17(21-15)18-10-8-12-14(20(25)26)4-2-6-16(12)22-18/h1-10H,(H,23,24)(H,25,26). The van der Waals surface area contributed by atoms with Crippen LogP contribution in [0.25, 0.3) is 33.2 Å². The Morgan fingerprint density at radius 3 is 1.42 bits per heavy atom. The lowest BCUT2D eigenvalue weighted by Crippen LogP contribution is -1.99. The van der Waals surface area contributed by atoms with Crippen LogP contribution >= 0.6 is 0 Å². The maximum atomic E-state index is 11.3. The van der Waals surface area contributed by atoms with Crippen LogP contribution in [0.1, 0.15) is 20.7 Å². The highest BCUT2D eigenvalue weighted by molar-refractivity contribution is 6.04. The predicted molar refractivity (Wildman–Crippen MR) is 96.4 cm³/mol. The zero-order valence-electron chi connectivity index (χ0n) is 13.4. The highest BCUT2D eigenvalue weighted by atomic mass is 16.4. The van der Waals surface area contributed by atoms with Crippen molar-refractivity contribution < 1.29 is 19.8 Å². The Morgan fingerprint density at radius 2 is 1.04 bits per heavy atom. The lowest BCUT2D eigenvalue weighted by Gasteiger charge is -2.07. The summed E-state index contributed by atoms with van der Waals surface area (Å²) in [4.78, 5) is 31.7. The lowest BCUT2D eigenvalue weighted by atomic mass is 10.1. The molecule has 0 radical (unpaired) electrons. The number of hydrogen-bond donors (Lipinski definition) is 2. The summed E-state index contributed by atoms with van der Waals surface area (Å²) in [6.45, 7) is 0. The lowest BCUT2D eigenvalue weighted by molar-refractivity contribution is 0.0688.